The van der Waals surface area contributed by atoms with Crippen LogP contribution in [-0.2, 0) is 13.2 Å². The third-order valence-corrected chi connectivity index (χ3v) is 5.02. The van der Waals surface area contributed by atoms with Gasteiger partial charge in [-0.3, -0.25) is 0 Å². The molecule has 2 aromatic carbocycles. The van der Waals surface area contributed by atoms with Gasteiger partial charge in [-0.25, -0.2) is 0 Å². The van der Waals surface area contributed by atoms with Crippen LogP contribution in [0.5, 0.6) is 5.75 Å². The minimum absolute atomic E-state index is 0.427. The van der Waals surface area contributed by atoms with Crippen LogP contribution in [-0.4, -0.2) is 0 Å². The van der Waals surface area contributed by atoms with E-state index < -0.39 is 0 Å². The van der Waals surface area contributed by atoms with E-state index in [9.17, 15) is 0 Å². The number of rotatable bonds is 4. The lowest BCUT2D eigenvalue weighted by molar-refractivity contribution is 0.307. The van der Waals surface area contributed by atoms with Crippen molar-refractivity contribution in [2.45, 2.75) is 13.2 Å². The molecule has 1 aromatic heterocycles. The molecule has 0 amide bonds. The molecular formula is C16H13Cl2NOS. The topological polar surface area (TPSA) is 35.2 Å². The van der Waals surface area contributed by atoms with Crippen molar-refractivity contribution in [2.24, 2.45) is 5.73 Å². The van der Waals surface area contributed by atoms with Crippen LogP contribution in [0.2, 0.25) is 10.0 Å². The summed E-state index contributed by atoms with van der Waals surface area (Å²) in [6, 6.07) is 13.4. The van der Waals surface area contributed by atoms with E-state index in [-0.39, 0.29) is 0 Å². The molecular weight excluding hydrogens is 325 g/mol. The molecule has 0 aliphatic heterocycles. The maximum Gasteiger partial charge on any atom is 0.139 e. The SMILES string of the molecule is NCc1sc2ccccc2c1COc1cc(Cl)ccc1Cl. The molecule has 0 fully saturated rings. The zero-order valence-corrected chi connectivity index (χ0v) is 13.4. The van der Waals surface area contributed by atoms with Gasteiger partial charge in [0.1, 0.15) is 12.4 Å². The maximum absolute atomic E-state index is 6.12. The van der Waals surface area contributed by atoms with E-state index in [1.165, 1.54) is 10.1 Å². The summed E-state index contributed by atoms with van der Waals surface area (Å²) >= 11 is 13.8. The number of hydrogen-bond acceptors (Lipinski definition) is 3. The number of benzene rings is 2. The zero-order valence-electron chi connectivity index (χ0n) is 11.1. The van der Waals surface area contributed by atoms with E-state index >= 15 is 0 Å². The van der Waals surface area contributed by atoms with Gasteiger partial charge < -0.3 is 10.5 Å². The Labute approximate surface area is 137 Å². The molecule has 0 saturated heterocycles. The maximum atomic E-state index is 6.12. The Hall–Kier alpha value is -1.26. The van der Waals surface area contributed by atoms with E-state index in [0.29, 0.717) is 28.9 Å². The van der Waals surface area contributed by atoms with Crippen molar-refractivity contribution in [1.82, 2.24) is 0 Å². The van der Waals surface area contributed by atoms with Crippen LogP contribution < -0.4 is 10.5 Å². The van der Waals surface area contributed by atoms with Gasteiger partial charge in [-0.05, 0) is 23.6 Å². The van der Waals surface area contributed by atoms with Crippen LogP contribution in [0.1, 0.15) is 10.4 Å². The van der Waals surface area contributed by atoms with Gasteiger partial charge in [-0.15, -0.1) is 11.3 Å². The smallest absolute Gasteiger partial charge is 0.139 e. The van der Waals surface area contributed by atoms with Gasteiger partial charge in [0.15, 0.2) is 0 Å². The van der Waals surface area contributed by atoms with Crippen LogP contribution in [0.3, 0.4) is 0 Å². The molecule has 2 N–H and O–H groups in total. The Morgan fingerprint density at radius 2 is 1.90 bits per heavy atom. The lowest BCUT2D eigenvalue weighted by atomic mass is 10.1. The first kappa shape index (κ1) is 14.7. The highest BCUT2D eigenvalue weighted by atomic mass is 35.5. The summed E-state index contributed by atoms with van der Waals surface area (Å²) in [4.78, 5) is 1.13. The first-order chi connectivity index (χ1) is 10.2. The Balaban J connectivity index is 1.93. The number of ether oxygens (including phenoxy) is 1. The average Bonchev–Trinajstić information content (AvgIpc) is 2.86. The highest BCUT2D eigenvalue weighted by Crippen LogP contribution is 2.33. The lowest BCUT2D eigenvalue weighted by Gasteiger charge is -2.09. The number of fused-ring (bicyclic) bond motifs is 1. The van der Waals surface area contributed by atoms with Crippen molar-refractivity contribution in [3.8, 4) is 5.75 Å². The normalized spacial score (nSPS) is 11.0. The summed E-state index contributed by atoms with van der Waals surface area (Å²) in [7, 11) is 0. The van der Waals surface area contributed by atoms with E-state index in [1.807, 2.05) is 12.1 Å². The van der Waals surface area contributed by atoms with Crippen LogP contribution in [0.15, 0.2) is 42.5 Å². The Morgan fingerprint density at radius 1 is 1.10 bits per heavy atom. The second-order valence-corrected chi connectivity index (χ2v) is 6.55. The molecule has 0 bridgehead atoms. The minimum Gasteiger partial charge on any atom is -0.487 e. The molecule has 0 spiro atoms. The van der Waals surface area contributed by atoms with Crippen LogP contribution in [0.4, 0.5) is 0 Å². The minimum atomic E-state index is 0.427. The molecule has 3 rings (SSSR count). The summed E-state index contributed by atoms with van der Waals surface area (Å²) in [5.41, 5.74) is 6.96. The number of hydrogen-bond donors (Lipinski definition) is 1. The van der Waals surface area contributed by atoms with Gasteiger partial charge in [0.2, 0.25) is 0 Å². The molecule has 2 nitrogen and oxygen atoms in total. The highest BCUT2D eigenvalue weighted by molar-refractivity contribution is 7.19. The second kappa shape index (κ2) is 6.24. The molecule has 0 aliphatic carbocycles. The molecule has 3 aromatic rings. The fourth-order valence-corrected chi connectivity index (χ4v) is 3.63. The van der Waals surface area contributed by atoms with Gasteiger partial charge in [0.25, 0.3) is 0 Å². The van der Waals surface area contributed by atoms with Crippen molar-refractivity contribution >= 4 is 44.6 Å². The van der Waals surface area contributed by atoms with E-state index in [2.05, 4.69) is 12.1 Å². The zero-order chi connectivity index (χ0) is 14.8. The second-order valence-electron chi connectivity index (χ2n) is 4.57. The van der Waals surface area contributed by atoms with Crippen molar-refractivity contribution < 1.29 is 4.74 Å². The standard InChI is InChI=1S/C16H13Cl2NOS/c17-10-5-6-13(18)14(7-10)20-9-12-11-3-1-2-4-15(11)21-16(12)8-19/h1-7H,8-9,19H2. The Bertz CT molecular complexity index is 785. The van der Waals surface area contributed by atoms with Gasteiger partial charge in [-0.1, -0.05) is 41.4 Å². The monoisotopic (exact) mass is 337 g/mol. The average molecular weight is 338 g/mol. The molecule has 1 heterocycles. The third kappa shape index (κ3) is 3.01. The predicted octanol–water partition coefficient (Wildman–Crippen LogP) is 5.25. The largest absolute Gasteiger partial charge is 0.487 e. The molecule has 0 atom stereocenters. The van der Waals surface area contributed by atoms with Gasteiger partial charge in [0, 0.05) is 32.8 Å². The highest BCUT2D eigenvalue weighted by Gasteiger charge is 2.12. The summed E-state index contributed by atoms with van der Waals surface area (Å²) in [6.07, 6.45) is 0. The number of thiophene rings is 1. The fourth-order valence-electron chi connectivity index (χ4n) is 2.21. The van der Waals surface area contributed by atoms with Gasteiger partial charge in [-0.2, -0.15) is 0 Å². The summed E-state index contributed by atoms with van der Waals surface area (Å²) in [5.74, 6) is 0.586. The van der Waals surface area contributed by atoms with Crippen molar-refractivity contribution in [3.05, 3.63) is 63.0 Å². The predicted molar refractivity (Wildman–Crippen MR) is 90.5 cm³/mol. The third-order valence-electron chi connectivity index (χ3n) is 3.23. The Kier molecular flexibility index (Phi) is 4.36. The van der Waals surface area contributed by atoms with Crippen molar-refractivity contribution in [2.75, 3.05) is 0 Å². The summed E-state index contributed by atoms with van der Waals surface area (Å²) < 4.78 is 7.06. The first-order valence-electron chi connectivity index (χ1n) is 6.46. The number of nitrogens with two attached hydrogens (primary N) is 1. The quantitative estimate of drug-likeness (QED) is 0.705. The van der Waals surface area contributed by atoms with Crippen LogP contribution in [0, 0.1) is 0 Å². The lowest BCUT2D eigenvalue weighted by Crippen LogP contribution is -2.02. The molecule has 0 radical (unpaired) electrons. The van der Waals surface area contributed by atoms with E-state index in [0.717, 1.165) is 10.4 Å². The van der Waals surface area contributed by atoms with Crippen LogP contribution in [0.25, 0.3) is 10.1 Å². The van der Waals surface area contributed by atoms with E-state index in [1.54, 1.807) is 29.5 Å². The first-order valence-corrected chi connectivity index (χ1v) is 8.03. The van der Waals surface area contributed by atoms with Gasteiger partial charge in [0.05, 0.1) is 5.02 Å². The Morgan fingerprint density at radius 3 is 2.71 bits per heavy atom. The molecule has 21 heavy (non-hydrogen) atoms. The molecule has 5 heteroatoms. The summed E-state index contributed by atoms with van der Waals surface area (Å²) in [5, 5.41) is 2.33. The van der Waals surface area contributed by atoms with Crippen LogP contribution >= 0.6 is 34.5 Å². The molecule has 0 saturated carbocycles. The van der Waals surface area contributed by atoms with E-state index in [4.69, 9.17) is 33.7 Å². The molecule has 108 valence electrons. The fraction of sp³-hybridized carbons (Fsp3) is 0.125. The van der Waals surface area contributed by atoms with Crippen molar-refractivity contribution in [3.63, 3.8) is 0 Å². The molecule has 0 aliphatic rings. The summed E-state index contributed by atoms with van der Waals surface area (Å²) in [6.45, 7) is 0.928. The van der Waals surface area contributed by atoms with Gasteiger partial charge >= 0.3 is 0 Å². The van der Waals surface area contributed by atoms with Crippen molar-refractivity contribution in [1.29, 1.82) is 0 Å². The molecule has 0 unspecified atom stereocenters. The number of halogens is 2.